The molecule has 1 heterocycles. The molecule has 0 amide bonds. The van der Waals surface area contributed by atoms with Crippen LogP contribution in [0.4, 0.5) is 8.78 Å². The number of hydrogen-bond acceptors (Lipinski definition) is 3. The highest BCUT2D eigenvalue weighted by molar-refractivity contribution is 7.10. The Balaban J connectivity index is 2.38. The lowest BCUT2D eigenvalue weighted by molar-refractivity contribution is -0.0506. The maximum Gasteiger partial charge on any atom is 0.387 e. The average Bonchev–Trinajstić information content (AvgIpc) is 2.78. The van der Waals surface area contributed by atoms with Crippen LogP contribution >= 0.6 is 11.3 Å². The van der Waals surface area contributed by atoms with Crippen LogP contribution in [0.15, 0.2) is 35.7 Å². The predicted octanol–water partition coefficient (Wildman–Crippen LogP) is 3.97. The largest absolute Gasteiger partial charge is 0.434 e. The normalized spacial score (nSPS) is 12.7. The van der Waals surface area contributed by atoms with Gasteiger partial charge in [0.2, 0.25) is 0 Å². The molecule has 1 aromatic carbocycles. The molecular formula is C14H15F2NOS. The maximum atomic E-state index is 12.4. The lowest BCUT2D eigenvalue weighted by atomic mass is 10.0. The van der Waals surface area contributed by atoms with Gasteiger partial charge in [-0.05, 0) is 37.0 Å². The molecule has 5 heteroatoms. The van der Waals surface area contributed by atoms with Crippen LogP contribution < -0.4 is 10.1 Å². The number of benzene rings is 1. The van der Waals surface area contributed by atoms with Gasteiger partial charge in [-0.3, -0.25) is 0 Å². The standard InChI is InChI=1S/C14H15F2NOS/c1-9-7-10(8-19-9)13(17-2)11-5-3-4-6-12(11)18-14(15)16/h3-8,13-14,17H,1-2H3. The number of ether oxygens (including phenoxy) is 1. The summed E-state index contributed by atoms with van der Waals surface area (Å²) < 4.78 is 29.5. The van der Waals surface area contributed by atoms with Gasteiger partial charge in [-0.2, -0.15) is 8.78 Å². The molecule has 0 aliphatic heterocycles. The molecule has 0 aliphatic rings. The minimum absolute atomic E-state index is 0.153. The second-order valence-corrected chi connectivity index (χ2v) is 5.24. The fourth-order valence-electron chi connectivity index (χ4n) is 2.04. The Kier molecular flexibility index (Phi) is 4.50. The lowest BCUT2D eigenvalue weighted by Gasteiger charge is -2.19. The molecule has 0 aliphatic carbocycles. The van der Waals surface area contributed by atoms with E-state index in [2.05, 4.69) is 10.1 Å². The van der Waals surface area contributed by atoms with E-state index in [0.717, 1.165) is 5.56 Å². The van der Waals surface area contributed by atoms with E-state index in [-0.39, 0.29) is 11.8 Å². The van der Waals surface area contributed by atoms with E-state index < -0.39 is 6.61 Å². The minimum Gasteiger partial charge on any atom is -0.434 e. The van der Waals surface area contributed by atoms with Gasteiger partial charge in [0.05, 0.1) is 6.04 Å². The number of rotatable bonds is 5. The van der Waals surface area contributed by atoms with Crippen molar-refractivity contribution >= 4 is 11.3 Å². The summed E-state index contributed by atoms with van der Waals surface area (Å²) in [5.41, 5.74) is 1.76. The topological polar surface area (TPSA) is 21.3 Å². The molecule has 1 N–H and O–H groups in total. The van der Waals surface area contributed by atoms with E-state index >= 15 is 0 Å². The van der Waals surface area contributed by atoms with E-state index in [1.807, 2.05) is 24.4 Å². The van der Waals surface area contributed by atoms with E-state index in [0.29, 0.717) is 5.56 Å². The molecule has 1 unspecified atom stereocenters. The summed E-state index contributed by atoms with van der Waals surface area (Å²) in [7, 11) is 1.80. The van der Waals surface area contributed by atoms with Crippen LogP contribution in [0.2, 0.25) is 0 Å². The zero-order chi connectivity index (χ0) is 13.8. The average molecular weight is 283 g/mol. The van der Waals surface area contributed by atoms with Crippen LogP contribution in [-0.4, -0.2) is 13.7 Å². The van der Waals surface area contributed by atoms with Crippen LogP contribution in [0.3, 0.4) is 0 Å². The van der Waals surface area contributed by atoms with Crippen LogP contribution in [-0.2, 0) is 0 Å². The number of halogens is 2. The van der Waals surface area contributed by atoms with Gasteiger partial charge in [0.1, 0.15) is 5.75 Å². The molecule has 0 saturated carbocycles. The first-order chi connectivity index (χ1) is 9.11. The molecule has 2 nitrogen and oxygen atoms in total. The number of para-hydroxylation sites is 1. The Labute approximate surface area is 115 Å². The third-order valence-electron chi connectivity index (χ3n) is 2.82. The predicted molar refractivity (Wildman–Crippen MR) is 73.0 cm³/mol. The zero-order valence-corrected chi connectivity index (χ0v) is 11.5. The number of thiophene rings is 1. The summed E-state index contributed by atoms with van der Waals surface area (Å²) in [6, 6.07) is 8.76. The lowest BCUT2D eigenvalue weighted by Crippen LogP contribution is -2.18. The number of aryl methyl sites for hydroxylation is 1. The molecular weight excluding hydrogens is 268 g/mol. The summed E-state index contributed by atoms with van der Waals surface area (Å²) in [4.78, 5) is 1.18. The first kappa shape index (κ1) is 14.0. The van der Waals surface area contributed by atoms with E-state index in [9.17, 15) is 8.78 Å². The Morgan fingerprint density at radius 1 is 1.26 bits per heavy atom. The van der Waals surface area contributed by atoms with Crippen molar-refractivity contribution in [2.45, 2.75) is 19.6 Å². The second kappa shape index (κ2) is 6.12. The summed E-state index contributed by atoms with van der Waals surface area (Å²) in [6.07, 6.45) is 0. The highest BCUT2D eigenvalue weighted by atomic mass is 32.1. The molecule has 1 atom stereocenters. The summed E-state index contributed by atoms with van der Waals surface area (Å²) in [6.45, 7) is -0.800. The molecule has 2 aromatic rings. The van der Waals surface area contributed by atoms with Crippen LogP contribution in [0.1, 0.15) is 22.0 Å². The molecule has 2 rings (SSSR count). The highest BCUT2D eigenvalue weighted by Crippen LogP contribution is 2.32. The van der Waals surface area contributed by atoms with Crippen molar-refractivity contribution < 1.29 is 13.5 Å². The molecule has 0 saturated heterocycles. The van der Waals surface area contributed by atoms with Gasteiger partial charge in [0, 0.05) is 10.4 Å². The molecule has 0 radical (unpaired) electrons. The zero-order valence-electron chi connectivity index (χ0n) is 10.7. The molecule has 102 valence electrons. The van der Waals surface area contributed by atoms with Crippen molar-refractivity contribution in [3.8, 4) is 5.75 Å². The second-order valence-electron chi connectivity index (χ2n) is 4.13. The molecule has 0 fully saturated rings. The fourth-order valence-corrected chi connectivity index (χ4v) is 2.77. The minimum atomic E-state index is -2.82. The van der Waals surface area contributed by atoms with Crippen molar-refractivity contribution in [2.75, 3.05) is 7.05 Å². The highest BCUT2D eigenvalue weighted by Gasteiger charge is 2.19. The van der Waals surface area contributed by atoms with Crippen molar-refractivity contribution in [3.63, 3.8) is 0 Å². The Hall–Kier alpha value is -1.46. The van der Waals surface area contributed by atoms with Gasteiger partial charge < -0.3 is 10.1 Å². The third-order valence-corrected chi connectivity index (χ3v) is 3.70. The number of alkyl halides is 2. The van der Waals surface area contributed by atoms with Crippen LogP contribution in [0, 0.1) is 6.92 Å². The first-order valence-corrected chi connectivity index (χ1v) is 6.76. The van der Waals surface area contributed by atoms with Crippen molar-refractivity contribution in [2.24, 2.45) is 0 Å². The van der Waals surface area contributed by atoms with Gasteiger partial charge in [-0.1, -0.05) is 18.2 Å². The van der Waals surface area contributed by atoms with Gasteiger partial charge >= 0.3 is 6.61 Å². The quantitative estimate of drug-likeness (QED) is 0.896. The van der Waals surface area contributed by atoms with Gasteiger partial charge in [0.15, 0.2) is 0 Å². The van der Waals surface area contributed by atoms with Gasteiger partial charge in [0.25, 0.3) is 0 Å². The molecule has 0 bridgehead atoms. The van der Waals surface area contributed by atoms with Gasteiger partial charge in [-0.25, -0.2) is 0 Å². The number of hydrogen-bond donors (Lipinski definition) is 1. The summed E-state index contributed by atoms with van der Waals surface area (Å²) in [5, 5.41) is 5.17. The SMILES string of the molecule is CNC(c1csc(C)c1)c1ccccc1OC(F)F. The van der Waals surface area contributed by atoms with E-state index in [4.69, 9.17) is 0 Å². The maximum absolute atomic E-state index is 12.4. The fraction of sp³-hybridized carbons (Fsp3) is 0.286. The Morgan fingerprint density at radius 3 is 2.58 bits per heavy atom. The van der Waals surface area contributed by atoms with Crippen molar-refractivity contribution in [1.29, 1.82) is 0 Å². The van der Waals surface area contributed by atoms with Crippen molar-refractivity contribution in [1.82, 2.24) is 5.32 Å². The number of nitrogens with one attached hydrogen (secondary N) is 1. The van der Waals surface area contributed by atoms with Crippen LogP contribution in [0.25, 0.3) is 0 Å². The van der Waals surface area contributed by atoms with E-state index in [1.54, 1.807) is 36.6 Å². The molecule has 19 heavy (non-hydrogen) atoms. The third kappa shape index (κ3) is 3.30. The summed E-state index contributed by atoms with van der Waals surface area (Å²) >= 11 is 1.63. The van der Waals surface area contributed by atoms with Crippen molar-refractivity contribution in [3.05, 3.63) is 51.7 Å². The monoisotopic (exact) mass is 283 g/mol. The Morgan fingerprint density at radius 2 is 2.00 bits per heavy atom. The smallest absolute Gasteiger partial charge is 0.387 e. The molecule has 1 aromatic heterocycles. The van der Waals surface area contributed by atoms with Crippen LogP contribution in [0.5, 0.6) is 5.75 Å². The first-order valence-electron chi connectivity index (χ1n) is 5.88. The summed E-state index contributed by atoms with van der Waals surface area (Å²) in [5.74, 6) is 0.209. The molecule has 0 spiro atoms. The Bertz CT molecular complexity index is 542. The van der Waals surface area contributed by atoms with E-state index in [1.165, 1.54) is 4.88 Å². The van der Waals surface area contributed by atoms with Gasteiger partial charge in [-0.15, -0.1) is 11.3 Å².